The number of hydrogen-bond acceptors (Lipinski definition) is 5. The first-order valence-corrected chi connectivity index (χ1v) is 7.28. The molecule has 0 saturated heterocycles. The third-order valence-electron chi connectivity index (χ3n) is 4.13. The second kappa shape index (κ2) is 5.05. The number of nitrogens with zero attached hydrogens (tertiary/aromatic N) is 2. The van der Waals surface area contributed by atoms with Crippen molar-refractivity contribution in [1.82, 2.24) is 4.90 Å². The van der Waals surface area contributed by atoms with Gasteiger partial charge in [0, 0.05) is 18.3 Å². The van der Waals surface area contributed by atoms with Crippen LogP contribution < -0.4 is 11.5 Å². The van der Waals surface area contributed by atoms with Crippen LogP contribution in [0, 0.1) is 0 Å². The number of carbonyl (C=O) groups excluding carboxylic acids is 1. The lowest BCUT2D eigenvalue weighted by molar-refractivity contribution is -0.128. The van der Waals surface area contributed by atoms with Crippen molar-refractivity contribution >= 4 is 17.4 Å². The lowest BCUT2D eigenvalue weighted by Gasteiger charge is -2.31. The van der Waals surface area contributed by atoms with Crippen LogP contribution >= 0.6 is 0 Å². The molecule has 1 aliphatic heterocycles. The number of allylic oxidation sites excluding steroid dienone is 4. The van der Waals surface area contributed by atoms with Crippen molar-refractivity contribution < 1.29 is 9.21 Å². The molecule has 1 atom stereocenters. The fourth-order valence-electron chi connectivity index (χ4n) is 2.73. The van der Waals surface area contributed by atoms with Crippen molar-refractivity contribution in [2.45, 2.75) is 31.7 Å². The van der Waals surface area contributed by atoms with E-state index in [1.807, 2.05) is 25.1 Å². The molecule has 1 aromatic rings. The van der Waals surface area contributed by atoms with E-state index in [4.69, 9.17) is 15.9 Å². The highest BCUT2D eigenvalue weighted by Gasteiger charge is 2.38. The van der Waals surface area contributed by atoms with Gasteiger partial charge in [-0.05, 0) is 38.0 Å². The van der Waals surface area contributed by atoms with E-state index >= 15 is 0 Å². The number of rotatable bonds is 2. The summed E-state index contributed by atoms with van der Waals surface area (Å²) in [6.45, 7) is 1.85. The topological polar surface area (TPSA) is 97.8 Å². The molecular formula is C16H20N4O2. The minimum Gasteiger partial charge on any atom is -0.459 e. The Morgan fingerprint density at radius 1 is 1.36 bits per heavy atom. The zero-order chi connectivity index (χ0) is 15.9. The Morgan fingerprint density at radius 3 is 2.82 bits per heavy atom. The summed E-state index contributed by atoms with van der Waals surface area (Å²) in [5.41, 5.74) is 12.8. The van der Waals surface area contributed by atoms with Crippen molar-refractivity contribution in [3.63, 3.8) is 0 Å². The normalized spacial score (nSPS) is 25.6. The molecule has 1 amide bonds. The Labute approximate surface area is 129 Å². The largest absolute Gasteiger partial charge is 0.459 e. The van der Waals surface area contributed by atoms with Gasteiger partial charge < -0.3 is 15.9 Å². The van der Waals surface area contributed by atoms with Crippen LogP contribution in [0.1, 0.15) is 37.7 Å². The van der Waals surface area contributed by atoms with Gasteiger partial charge in [-0.15, -0.1) is 0 Å². The second-order valence-electron chi connectivity index (χ2n) is 5.95. The highest BCUT2D eigenvalue weighted by Crippen LogP contribution is 2.36. The minimum absolute atomic E-state index is 0.0750. The predicted molar refractivity (Wildman–Crippen MR) is 84.6 cm³/mol. The molecule has 116 valence electrons. The first kappa shape index (κ1) is 14.4. The Bertz CT molecular complexity index is 713. The van der Waals surface area contributed by atoms with Gasteiger partial charge in [-0.2, -0.15) is 0 Å². The molecule has 0 spiro atoms. The Hall–Kier alpha value is -2.50. The van der Waals surface area contributed by atoms with Gasteiger partial charge in [-0.3, -0.25) is 9.69 Å². The van der Waals surface area contributed by atoms with Crippen molar-refractivity contribution in [2.75, 3.05) is 7.05 Å². The first-order valence-electron chi connectivity index (χ1n) is 7.28. The van der Waals surface area contributed by atoms with Crippen molar-refractivity contribution in [2.24, 2.45) is 16.5 Å². The van der Waals surface area contributed by atoms with E-state index in [1.165, 1.54) is 4.90 Å². The lowest BCUT2D eigenvalue weighted by atomic mass is 9.93. The zero-order valence-electron chi connectivity index (χ0n) is 12.8. The maximum absolute atomic E-state index is 12.0. The van der Waals surface area contributed by atoms with Crippen molar-refractivity contribution in [1.29, 1.82) is 0 Å². The molecule has 1 aliphatic carbocycles. The van der Waals surface area contributed by atoms with Crippen LogP contribution in [0.2, 0.25) is 0 Å². The molecule has 0 fully saturated rings. The number of nitrogens with two attached hydrogens (primary N) is 2. The van der Waals surface area contributed by atoms with E-state index in [-0.39, 0.29) is 18.3 Å². The molecular weight excluding hydrogens is 280 g/mol. The Kier molecular flexibility index (Phi) is 3.31. The van der Waals surface area contributed by atoms with Crippen LogP contribution in [0.4, 0.5) is 0 Å². The van der Waals surface area contributed by atoms with Gasteiger partial charge in [-0.25, -0.2) is 4.99 Å². The number of aliphatic imine (C=N–C) groups is 1. The molecule has 0 bridgehead atoms. The Morgan fingerprint density at radius 2 is 2.14 bits per heavy atom. The smallest absolute Gasteiger partial charge is 0.231 e. The van der Waals surface area contributed by atoms with Gasteiger partial charge in [0.2, 0.25) is 5.91 Å². The van der Waals surface area contributed by atoms with E-state index in [1.54, 1.807) is 7.05 Å². The number of hydrogen-bond donors (Lipinski definition) is 2. The molecule has 3 rings (SSSR count). The van der Waals surface area contributed by atoms with Gasteiger partial charge in [-0.1, -0.05) is 6.08 Å². The van der Waals surface area contributed by atoms with Crippen LogP contribution in [0.15, 0.2) is 39.4 Å². The van der Waals surface area contributed by atoms with Gasteiger partial charge in [0.1, 0.15) is 17.1 Å². The number of carbonyl (C=O) groups is 1. The molecule has 2 aliphatic rings. The third kappa shape index (κ3) is 2.41. The summed E-state index contributed by atoms with van der Waals surface area (Å²) >= 11 is 0. The standard InChI is InChI=1S/C16H20N4O2/c1-16(9-14(21)20(2)15(18)19-16)13-7-6-12(22-13)10-4-3-5-11(17)8-10/h4,6-8H,3,5,9,17H2,1-2H3,(H2,18,19)/t16-/m0/s1. The second-order valence-corrected chi connectivity index (χ2v) is 5.95. The summed E-state index contributed by atoms with van der Waals surface area (Å²) in [5, 5.41) is 0. The molecule has 0 aromatic carbocycles. The third-order valence-corrected chi connectivity index (χ3v) is 4.13. The fourth-order valence-corrected chi connectivity index (χ4v) is 2.73. The summed E-state index contributed by atoms with van der Waals surface area (Å²) < 4.78 is 5.94. The van der Waals surface area contributed by atoms with Gasteiger partial charge in [0.25, 0.3) is 0 Å². The van der Waals surface area contributed by atoms with E-state index in [0.29, 0.717) is 5.76 Å². The summed E-state index contributed by atoms with van der Waals surface area (Å²) in [4.78, 5) is 17.8. The van der Waals surface area contributed by atoms with Crippen molar-refractivity contribution in [3.05, 3.63) is 41.5 Å². The number of amides is 1. The number of guanidine groups is 1. The molecule has 1 aromatic heterocycles. The van der Waals surface area contributed by atoms with Crippen LogP contribution in [0.5, 0.6) is 0 Å². The van der Waals surface area contributed by atoms with Crippen LogP contribution in [0.3, 0.4) is 0 Å². The summed E-state index contributed by atoms with van der Waals surface area (Å²) in [6, 6.07) is 3.74. The predicted octanol–water partition coefficient (Wildman–Crippen LogP) is 1.69. The molecule has 6 nitrogen and oxygen atoms in total. The molecule has 6 heteroatoms. The fraction of sp³-hybridized carbons (Fsp3) is 0.375. The van der Waals surface area contributed by atoms with Gasteiger partial charge in [0.05, 0.1) is 6.42 Å². The van der Waals surface area contributed by atoms with Crippen LogP contribution in [0.25, 0.3) is 5.57 Å². The molecule has 2 heterocycles. The minimum atomic E-state index is -0.767. The molecule has 0 saturated carbocycles. The van der Waals surface area contributed by atoms with Crippen LogP contribution in [-0.4, -0.2) is 23.8 Å². The SMILES string of the molecule is CN1C(=O)C[C@@](C)(c2ccc(C3=CCCC(N)=C3)o2)N=C1N. The average Bonchev–Trinajstić information content (AvgIpc) is 2.95. The highest BCUT2D eigenvalue weighted by atomic mass is 16.3. The lowest BCUT2D eigenvalue weighted by Crippen LogP contribution is -2.47. The molecule has 22 heavy (non-hydrogen) atoms. The van der Waals surface area contributed by atoms with E-state index < -0.39 is 5.54 Å². The summed E-state index contributed by atoms with van der Waals surface area (Å²) in [5.74, 6) is 1.50. The highest BCUT2D eigenvalue weighted by molar-refractivity contribution is 5.98. The van der Waals surface area contributed by atoms with Crippen molar-refractivity contribution in [3.8, 4) is 0 Å². The molecule has 0 radical (unpaired) electrons. The van der Waals surface area contributed by atoms with Crippen LogP contribution in [-0.2, 0) is 10.3 Å². The quantitative estimate of drug-likeness (QED) is 0.868. The zero-order valence-corrected chi connectivity index (χ0v) is 12.8. The summed E-state index contributed by atoms with van der Waals surface area (Å²) in [6.07, 6.45) is 6.02. The van der Waals surface area contributed by atoms with Gasteiger partial charge >= 0.3 is 0 Å². The Balaban J connectivity index is 1.94. The number of furan rings is 1. The maximum atomic E-state index is 12.0. The molecule has 0 unspecified atom stereocenters. The van der Waals surface area contributed by atoms with E-state index in [0.717, 1.165) is 29.9 Å². The maximum Gasteiger partial charge on any atom is 0.231 e. The first-order chi connectivity index (χ1) is 10.4. The van der Waals surface area contributed by atoms with E-state index in [9.17, 15) is 4.79 Å². The monoisotopic (exact) mass is 300 g/mol. The van der Waals surface area contributed by atoms with E-state index in [2.05, 4.69) is 11.1 Å². The van der Waals surface area contributed by atoms with Gasteiger partial charge in [0.15, 0.2) is 5.96 Å². The molecule has 4 N–H and O–H groups in total. The summed E-state index contributed by atoms with van der Waals surface area (Å²) in [7, 11) is 1.62. The average molecular weight is 300 g/mol.